The molecule has 2 rings (SSSR count). The third-order valence-corrected chi connectivity index (χ3v) is 3.84. The normalized spacial score (nSPS) is 25.1. The number of rotatable bonds is 5. The topological polar surface area (TPSA) is 47.7 Å². The van der Waals surface area contributed by atoms with Gasteiger partial charge in [-0.2, -0.15) is 0 Å². The van der Waals surface area contributed by atoms with Crippen LogP contribution in [-0.2, 0) is 9.47 Å². The van der Waals surface area contributed by atoms with Gasteiger partial charge >= 0.3 is 0 Å². The molecule has 1 aliphatic heterocycles. The largest absolute Gasteiger partial charge is 0.377 e. The molecule has 3 unspecified atom stereocenters. The zero-order chi connectivity index (χ0) is 14.7. The number of hydrogen-bond donors (Lipinski definition) is 1. The lowest BCUT2D eigenvalue weighted by Gasteiger charge is -2.26. The summed E-state index contributed by atoms with van der Waals surface area (Å²) in [6, 6.07) is 3.72. The molecule has 3 atom stereocenters. The van der Waals surface area contributed by atoms with Crippen molar-refractivity contribution >= 4 is 0 Å². The minimum Gasteiger partial charge on any atom is -0.377 e. The molecule has 2 N–H and O–H groups in total. The summed E-state index contributed by atoms with van der Waals surface area (Å²) in [6.45, 7) is 1.61. The van der Waals surface area contributed by atoms with E-state index < -0.39 is 11.6 Å². The van der Waals surface area contributed by atoms with Gasteiger partial charge in [0.25, 0.3) is 0 Å². The third kappa shape index (κ3) is 2.98. The first-order chi connectivity index (χ1) is 9.60. The fourth-order valence-electron chi connectivity index (χ4n) is 2.69. The van der Waals surface area contributed by atoms with Gasteiger partial charge in [0, 0.05) is 39.9 Å². The second-order valence-electron chi connectivity index (χ2n) is 4.93. The van der Waals surface area contributed by atoms with Gasteiger partial charge in [-0.25, -0.2) is 8.78 Å². The first-order valence-corrected chi connectivity index (χ1v) is 6.55. The second-order valence-corrected chi connectivity index (χ2v) is 4.93. The molecule has 0 amide bonds. The van der Waals surface area contributed by atoms with Crippen molar-refractivity contribution < 1.29 is 18.3 Å². The number of nitrogens with zero attached hydrogens (tertiary/aromatic N) is 1. The summed E-state index contributed by atoms with van der Waals surface area (Å²) >= 11 is 0. The highest BCUT2D eigenvalue weighted by molar-refractivity contribution is 5.22. The molecule has 1 aromatic rings. The molecule has 0 saturated carbocycles. The molecule has 6 heteroatoms. The van der Waals surface area contributed by atoms with Gasteiger partial charge in [-0.15, -0.1) is 0 Å². The number of halogens is 2. The molecule has 1 fully saturated rings. The average molecular weight is 286 g/mol. The van der Waals surface area contributed by atoms with Gasteiger partial charge in [0.1, 0.15) is 0 Å². The highest BCUT2D eigenvalue weighted by Crippen LogP contribution is 2.27. The van der Waals surface area contributed by atoms with Crippen LogP contribution in [0.1, 0.15) is 11.6 Å². The van der Waals surface area contributed by atoms with Gasteiger partial charge in [0.15, 0.2) is 11.6 Å². The highest BCUT2D eigenvalue weighted by atomic mass is 19.2. The van der Waals surface area contributed by atoms with E-state index in [0.717, 1.165) is 6.07 Å². The molecule has 1 aliphatic rings. The van der Waals surface area contributed by atoms with Crippen LogP contribution >= 0.6 is 0 Å². The van der Waals surface area contributed by atoms with Crippen LogP contribution in [-0.4, -0.2) is 51.0 Å². The molecule has 1 saturated heterocycles. The van der Waals surface area contributed by atoms with Crippen LogP contribution < -0.4 is 5.73 Å². The Morgan fingerprint density at radius 1 is 1.20 bits per heavy atom. The highest BCUT2D eigenvalue weighted by Gasteiger charge is 2.36. The van der Waals surface area contributed by atoms with Crippen molar-refractivity contribution in [2.45, 2.75) is 18.2 Å². The lowest BCUT2D eigenvalue weighted by molar-refractivity contribution is -0.00461. The summed E-state index contributed by atoms with van der Waals surface area (Å²) in [5.74, 6) is -1.71. The smallest absolute Gasteiger partial charge is 0.159 e. The summed E-state index contributed by atoms with van der Waals surface area (Å²) in [5.41, 5.74) is 6.47. The van der Waals surface area contributed by atoms with Crippen molar-refractivity contribution in [3.05, 3.63) is 35.4 Å². The summed E-state index contributed by atoms with van der Waals surface area (Å²) in [4.78, 5) is 2.08. The average Bonchev–Trinajstić information content (AvgIpc) is 2.86. The van der Waals surface area contributed by atoms with E-state index in [4.69, 9.17) is 15.2 Å². The Hall–Kier alpha value is -1.08. The maximum Gasteiger partial charge on any atom is 0.159 e. The minimum absolute atomic E-state index is 0.0423. The summed E-state index contributed by atoms with van der Waals surface area (Å²) in [5, 5.41) is 0. The standard InChI is InChI=1S/C14H20F2N2O2/c1-19-13-7-18(8-14(13)20-2)12(6-17)9-3-4-10(15)11(16)5-9/h3-5,12-14H,6-8,17H2,1-2H3. The van der Waals surface area contributed by atoms with Crippen molar-refractivity contribution in [3.63, 3.8) is 0 Å². The number of methoxy groups -OCH3 is 2. The zero-order valence-corrected chi connectivity index (χ0v) is 11.7. The maximum absolute atomic E-state index is 13.4. The Kier molecular flexibility index (Phi) is 5.04. The van der Waals surface area contributed by atoms with Gasteiger partial charge in [0.2, 0.25) is 0 Å². The number of likely N-dealkylation sites (tertiary alicyclic amines) is 1. The van der Waals surface area contributed by atoms with Crippen molar-refractivity contribution in [3.8, 4) is 0 Å². The first-order valence-electron chi connectivity index (χ1n) is 6.55. The van der Waals surface area contributed by atoms with Crippen molar-refractivity contribution in [2.24, 2.45) is 5.73 Å². The van der Waals surface area contributed by atoms with E-state index >= 15 is 0 Å². The first kappa shape index (κ1) is 15.3. The Labute approximate surface area is 117 Å². The van der Waals surface area contributed by atoms with Crippen molar-refractivity contribution in [2.75, 3.05) is 33.9 Å². The number of nitrogens with two attached hydrogens (primary N) is 1. The Morgan fingerprint density at radius 2 is 1.80 bits per heavy atom. The molecule has 1 heterocycles. The van der Waals surface area contributed by atoms with Crippen molar-refractivity contribution in [1.82, 2.24) is 4.90 Å². The van der Waals surface area contributed by atoms with Crippen LogP contribution in [0.5, 0.6) is 0 Å². The molecule has 0 aliphatic carbocycles. The predicted molar refractivity (Wildman–Crippen MR) is 71.3 cm³/mol. The van der Waals surface area contributed by atoms with Gasteiger partial charge in [-0.05, 0) is 17.7 Å². The van der Waals surface area contributed by atoms with E-state index in [-0.39, 0.29) is 18.2 Å². The van der Waals surface area contributed by atoms with Crippen LogP contribution in [0.2, 0.25) is 0 Å². The molecule has 112 valence electrons. The maximum atomic E-state index is 13.4. The van der Waals surface area contributed by atoms with Gasteiger partial charge in [-0.1, -0.05) is 6.07 Å². The molecule has 20 heavy (non-hydrogen) atoms. The fraction of sp³-hybridized carbons (Fsp3) is 0.571. The lowest BCUT2D eigenvalue weighted by atomic mass is 10.1. The van der Waals surface area contributed by atoms with Crippen LogP contribution in [0, 0.1) is 11.6 Å². The summed E-state index contributed by atoms with van der Waals surface area (Å²) in [7, 11) is 3.27. The van der Waals surface area contributed by atoms with Crippen LogP contribution in [0.15, 0.2) is 18.2 Å². The molecule has 1 aromatic carbocycles. The summed E-state index contributed by atoms with van der Waals surface area (Å²) < 4.78 is 37.1. The molecule has 0 bridgehead atoms. The second kappa shape index (κ2) is 6.58. The molecule has 0 spiro atoms. The minimum atomic E-state index is -0.855. The van der Waals surface area contributed by atoms with E-state index in [1.54, 1.807) is 20.3 Å². The Bertz CT molecular complexity index is 447. The van der Waals surface area contributed by atoms with E-state index in [1.807, 2.05) is 0 Å². The molecular weight excluding hydrogens is 266 g/mol. The Morgan fingerprint density at radius 3 is 2.25 bits per heavy atom. The van der Waals surface area contributed by atoms with Gasteiger partial charge in [0.05, 0.1) is 12.2 Å². The Balaban J connectivity index is 2.18. The number of ether oxygens (including phenoxy) is 2. The van der Waals surface area contributed by atoms with Crippen LogP contribution in [0.4, 0.5) is 8.78 Å². The van der Waals surface area contributed by atoms with Crippen LogP contribution in [0.25, 0.3) is 0 Å². The third-order valence-electron chi connectivity index (χ3n) is 3.84. The number of hydrogen-bond acceptors (Lipinski definition) is 4. The monoisotopic (exact) mass is 286 g/mol. The molecular formula is C14H20F2N2O2. The lowest BCUT2D eigenvalue weighted by Crippen LogP contribution is -2.33. The van der Waals surface area contributed by atoms with Crippen molar-refractivity contribution in [1.29, 1.82) is 0 Å². The fourth-order valence-corrected chi connectivity index (χ4v) is 2.69. The zero-order valence-electron chi connectivity index (χ0n) is 11.7. The molecule has 0 radical (unpaired) electrons. The predicted octanol–water partition coefficient (Wildman–Crippen LogP) is 1.31. The van der Waals surface area contributed by atoms with E-state index in [1.165, 1.54) is 6.07 Å². The quantitative estimate of drug-likeness (QED) is 0.886. The molecule has 4 nitrogen and oxygen atoms in total. The van der Waals surface area contributed by atoms with Crippen LogP contribution in [0.3, 0.4) is 0 Å². The van der Waals surface area contributed by atoms with E-state index in [9.17, 15) is 8.78 Å². The number of benzene rings is 1. The van der Waals surface area contributed by atoms with Gasteiger partial charge < -0.3 is 15.2 Å². The van der Waals surface area contributed by atoms with E-state index in [0.29, 0.717) is 25.2 Å². The van der Waals surface area contributed by atoms with Gasteiger partial charge in [-0.3, -0.25) is 4.90 Å². The molecule has 0 aromatic heterocycles. The SMILES string of the molecule is COC1CN(C(CN)c2ccc(F)c(F)c2)CC1OC. The van der Waals surface area contributed by atoms with E-state index in [2.05, 4.69) is 4.90 Å². The summed E-state index contributed by atoms with van der Waals surface area (Å²) in [6.07, 6.45) is -0.0845.